The van der Waals surface area contributed by atoms with Gasteiger partial charge in [-0.05, 0) is 12.8 Å². The molecule has 4 rings (SSSR count). The molecule has 0 bridgehead atoms. The summed E-state index contributed by atoms with van der Waals surface area (Å²) in [7, 11) is 0. The van der Waals surface area contributed by atoms with Crippen molar-refractivity contribution in [1.82, 2.24) is 0 Å². The van der Waals surface area contributed by atoms with Crippen LogP contribution in [0.3, 0.4) is 0 Å². The van der Waals surface area contributed by atoms with Gasteiger partial charge in [0.1, 0.15) is 6.61 Å². The van der Waals surface area contributed by atoms with Gasteiger partial charge in [-0.1, -0.05) is 0 Å². The van der Waals surface area contributed by atoms with Crippen LogP contribution >= 0.6 is 0 Å². The minimum Gasteiger partial charge on any atom is -0.390 e. The van der Waals surface area contributed by atoms with E-state index in [0.717, 1.165) is 19.4 Å². The minimum atomic E-state index is -0.280. The molecule has 5 atom stereocenters. The fourth-order valence-electron chi connectivity index (χ4n) is 2.75. The standard InChI is InChI=1S/C6H10O3.C6H8O3/c2*7-5-3-9-6-4(5)1-2-8-6/h4-7H,1-3H2;4,6H,1-3H2. The van der Waals surface area contributed by atoms with E-state index in [0.29, 0.717) is 13.2 Å². The lowest BCUT2D eigenvalue weighted by atomic mass is 10.0. The van der Waals surface area contributed by atoms with Crippen LogP contribution in [0, 0.1) is 11.8 Å². The average Bonchev–Trinajstić information content (AvgIpc) is 3.06. The van der Waals surface area contributed by atoms with E-state index < -0.39 is 0 Å². The first-order valence-corrected chi connectivity index (χ1v) is 6.43. The molecule has 0 aliphatic carbocycles. The number of ether oxygens (including phenoxy) is 4. The zero-order chi connectivity index (χ0) is 12.5. The normalized spacial score (nSPS) is 45.6. The molecule has 0 aromatic carbocycles. The number of Topliss-reactive ketones (excluding diaryl/α,β-unsaturated/α-hetero) is 1. The molecule has 4 fully saturated rings. The van der Waals surface area contributed by atoms with Crippen LogP contribution in [0.25, 0.3) is 0 Å². The zero-order valence-corrected chi connectivity index (χ0v) is 10.1. The van der Waals surface area contributed by atoms with Gasteiger partial charge in [-0.2, -0.15) is 0 Å². The second kappa shape index (κ2) is 5.22. The van der Waals surface area contributed by atoms with Crippen LogP contribution in [0.1, 0.15) is 12.8 Å². The number of carbonyl (C=O) groups is 1. The summed E-state index contributed by atoms with van der Waals surface area (Å²) in [5.41, 5.74) is 0. The van der Waals surface area contributed by atoms with E-state index in [1.54, 1.807) is 0 Å². The first-order chi connectivity index (χ1) is 8.75. The summed E-state index contributed by atoms with van der Waals surface area (Å²) in [6.45, 7) is 2.14. The number of hydrogen-bond acceptors (Lipinski definition) is 6. The van der Waals surface area contributed by atoms with Gasteiger partial charge >= 0.3 is 0 Å². The van der Waals surface area contributed by atoms with Crippen molar-refractivity contribution in [1.29, 1.82) is 0 Å². The molecule has 4 saturated heterocycles. The van der Waals surface area contributed by atoms with E-state index in [4.69, 9.17) is 18.9 Å². The number of aliphatic hydroxyl groups is 1. The van der Waals surface area contributed by atoms with E-state index in [1.165, 1.54) is 0 Å². The summed E-state index contributed by atoms with van der Waals surface area (Å²) in [4.78, 5) is 10.9. The maximum absolute atomic E-state index is 10.9. The molecule has 18 heavy (non-hydrogen) atoms. The van der Waals surface area contributed by atoms with Crippen LogP contribution < -0.4 is 0 Å². The second-order valence-electron chi connectivity index (χ2n) is 5.00. The number of rotatable bonds is 0. The second-order valence-corrected chi connectivity index (χ2v) is 5.00. The third-order valence-corrected chi connectivity index (χ3v) is 3.85. The molecule has 0 spiro atoms. The van der Waals surface area contributed by atoms with E-state index in [-0.39, 0.29) is 42.9 Å². The maximum atomic E-state index is 10.9. The predicted molar refractivity (Wildman–Crippen MR) is 58.6 cm³/mol. The largest absolute Gasteiger partial charge is 0.390 e. The molecule has 4 aliphatic rings. The summed E-state index contributed by atoms with van der Waals surface area (Å²) in [5, 5.41) is 9.19. The first kappa shape index (κ1) is 12.5. The summed E-state index contributed by atoms with van der Waals surface area (Å²) in [6, 6.07) is 0. The van der Waals surface area contributed by atoms with Crippen molar-refractivity contribution in [3.05, 3.63) is 0 Å². The van der Waals surface area contributed by atoms with E-state index >= 15 is 0 Å². The topological polar surface area (TPSA) is 74.2 Å². The Bertz CT molecular complexity index is 320. The fourth-order valence-corrected chi connectivity index (χ4v) is 2.75. The van der Waals surface area contributed by atoms with Crippen molar-refractivity contribution in [3.8, 4) is 0 Å². The molecule has 6 heteroatoms. The zero-order valence-electron chi connectivity index (χ0n) is 10.1. The Hall–Kier alpha value is -0.530. The predicted octanol–water partition coefficient (Wildman–Crippen LogP) is -0.312. The van der Waals surface area contributed by atoms with Crippen LogP contribution in [0.5, 0.6) is 0 Å². The molecule has 4 aliphatic heterocycles. The van der Waals surface area contributed by atoms with Crippen LogP contribution in [-0.4, -0.2) is 56.0 Å². The fraction of sp³-hybridized carbons (Fsp3) is 0.917. The molecular weight excluding hydrogens is 240 g/mol. The van der Waals surface area contributed by atoms with Crippen molar-refractivity contribution < 1.29 is 28.8 Å². The SMILES string of the molecule is O=C1COC2OCCC12.OC1COC2OCCC12. The van der Waals surface area contributed by atoms with Gasteiger partial charge in [0.15, 0.2) is 18.4 Å². The van der Waals surface area contributed by atoms with E-state index in [9.17, 15) is 9.90 Å². The molecule has 1 N–H and O–H groups in total. The Morgan fingerprint density at radius 2 is 1.78 bits per heavy atom. The highest BCUT2D eigenvalue weighted by Crippen LogP contribution is 2.30. The molecule has 5 unspecified atom stereocenters. The molecule has 102 valence electrons. The summed E-state index contributed by atoms with van der Waals surface area (Å²) >= 11 is 0. The van der Waals surface area contributed by atoms with Gasteiger partial charge in [0, 0.05) is 5.92 Å². The maximum Gasteiger partial charge on any atom is 0.168 e. The van der Waals surface area contributed by atoms with Gasteiger partial charge in [-0.25, -0.2) is 0 Å². The molecule has 0 amide bonds. The third kappa shape index (κ3) is 2.31. The molecule has 6 nitrogen and oxygen atoms in total. The van der Waals surface area contributed by atoms with E-state index in [1.807, 2.05) is 0 Å². The Balaban J connectivity index is 0.000000111. The number of hydrogen-bond donors (Lipinski definition) is 1. The molecule has 0 aromatic rings. The molecule has 4 heterocycles. The van der Waals surface area contributed by atoms with Crippen molar-refractivity contribution in [3.63, 3.8) is 0 Å². The van der Waals surface area contributed by atoms with Gasteiger partial charge in [0.2, 0.25) is 0 Å². The van der Waals surface area contributed by atoms with Gasteiger partial charge in [0.25, 0.3) is 0 Å². The van der Waals surface area contributed by atoms with Crippen molar-refractivity contribution >= 4 is 5.78 Å². The lowest BCUT2D eigenvalue weighted by Crippen LogP contribution is -2.18. The quantitative estimate of drug-likeness (QED) is 0.642. The molecular formula is C12H18O6. The molecule has 0 radical (unpaired) electrons. The van der Waals surface area contributed by atoms with Gasteiger partial charge in [0.05, 0.1) is 31.8 Å². The van der Waals surface area contributed by atoms with Gasteiger partial charge in [-0.15, -0.1) is 0 Å². The average molecular weight is 258 g/mol. The first-order valence-electron chi connectivity index (χ1n) is 6.43. The van der Waals surface area contributed by atoms with Crippen LogP contribution in [0.15, 0.2) is 0 Å². The van der Waals surface area contributed by atoms with Crippen LogP contribution in [0.2, 0.25) is 0 Å². The lowest BCUT2D eigenvalue weighted by molar-refractivity contribution is -0.120. The highest BCUT2D eigenvalue weighted by molar-refractivity contribution is 5.84. The highest BCUT2D eigenvalue weighted by Gasteiger charge is 2.41. The van der Waals surface area contributed by atoms with Crippen molar-refractivity contribution in [2.24, 2.45) is 11.8 Å². The van der Waals surface area contributed by atoms with Crippen LogP contribution in [-0.2, 0) is 23.7 Å². The highest BCUT2D eigenvalue weighted by atomic mass is 16.7. The summed E-state index contributed by atoms with van der Waals surface area (Å²) in [5.74, 6) is 0.521. The van der Waals surface area contributed by atoms with Crippen molar-refractivity contribution in [2.75, 3.05) is 26.4 Å². The molecule has 0 saturated carbocycles. The summed E-state index contributed by atoms with van der Waals surface area (Å²) in [6.07, 6.45) is 1.23. The number of fused-ring (bicyclic) bond motifs is 2. The summed E-state index contributed by atoms with van der Waals surface area (Å²) < 4.78 is 20.4. The Morgan fingerprint density at radius 1 is 1.00 bits per heavy atom. The smallest absolute Gasteiger partial charge is 0.168 e. The number of carbonyl (C=O) groups excluding carboxylic acids is 1. The Morgan fingerprint density at radius 3 is 2.56 bits per heavy atom. The minimum absolute atomic E-state index is 0.0602. The third-order valence-electron chi connectivity index (χ3n) is 3.85. The number of aliphatic hydroxyl groups excluding tert-OH is 1. The Kier molecular flexibility index (Phi) is 3.63. The molecule has 0 aromatic heterocycles. The van der Waals surface area contributed by atoms with Gasteiger partial charge < -0.3 is 24.1 Å². The number of ketones is 1. The Labute approximate surface area is 105 Å². The lowest BCUT2D eigenvalue weighted by Gasteiger charge is -2.06. The van der Waals surface area contributed by atoms with Crippen molar-refractivity contribution in [2.45, 2.75) is 31.5 Å². The monoisotopic (exact) mass is 258 g/mol. The van der Waals surface area contributed by atoms with Crippen LogP contribution in [0.4, 0.5) is 0 Å². The van der Waals surface area contributed by atoms with E-state index in [2.05, 4.69) is 0 Å². The van der Waals surface area contributed by atoms with Gasteiger partial charge in [-0.3, -0.25) is 4.79 Å².